The second-order valence-corrected chi connectivity index (χ2v) is 4.88. The molecule has 1 aromatic heterocycles. The summed E-state index contributed by atoms with van der Waals surface area (Å²) in [5.74, 6) is -0.462. The third kappa shape index (κ3) is 4.58. The van der Waals surface area contributed by atoms with E-state index in [9.17, 15) is 9.90 Å². The molecule has 1 aromatic carbocycles. The number of phenols is 1. The fourth-order valence-electron chi connectivity index (χ4n) is 1.84. The van der Waals surface area contributed by atoms with Crippen molar-refractivity contribution in [3.63, 3.8) is 0 Å². The molecular weight excluding hydrogens is 292 g/mol. The maximum absolute atomic E-state index is 12.0. The molecule has 0 radical (unpaired) electrons. The topological polar surface area (TPSA) is 98.0 Å². The van der Waals surface area contributed by atoms with Gasteiger partial charge in [0, 0.05) is 25.1 Å². The fraction of sp³-hybridized carbons (Fsp3) is 0.118. The van der Waals surface area contributed by atoms with Gasteiger partial charge in [-0.25, -0.2) is 0 Å². The molecule has 0 saturated heterocycles. The lowest BCUT2D eigenvalue weighted by atomic mass is 10.2. The van der Waals surface area contributed by atoms with Gasteiger partial charge in [0.25, 0.3) is 5.91 Å². The number of hydrogen-bond acceptors (Lipinski definition) is 5. The lowest BCUT2D eigenvalue weighted by Gasteiger charge is -2.07. The van der Waals surface area contributed by atoms with Crippen LogP contribution in [0.4, 0.5) is 5.69 Å². The van der Waals surface area contributed by atoms with E-state index < -0.39 is 5.91 Å². The van der Waals surface area contributed by atoms with Crippen LogP contribution in [-0.2, 0) is 11.3 Å². The number of nitriles is 1. The van der Waals surface area contributed by atoms with Crippen LogP contribution in [0.1, 0.15) is 11.1 Å². The van der Waals surface area contributed by atoms with Crippen molar-refractivity contribution in [2.45, 2.75) is 13.5 Å². The van der Waals surface area contributed by atoms with Gasteiger partial charge in [-0.1, -0.05) is 12.1 Å². The van der Waals surface area contributed by atoms with E-state index in [1.807, 2.05) is 19.1 Å². The van der Waals surface area contributed by atoms with Crippen LogP contribution in [0.2, 0.25) is 0 Å². The van der Waals surface area contributed by atoms with Gasteiger partial charge in [-0.05, 0) is 36.2 Å². The average molecular weight is 308 g/mol. The summed E-state index contributed by atoms with van der Waals surface area (Å²) < 4.78 is 0. The lowest BCUT2D eigenvalue weighted by molar-refractivity contribution is -0.117. The first-order chi connectivity index (χ1) is 11.1. The van der Waals surface area contributed by atoms with E-state index >= 15 is 0 Å². The number of aromatic hydroxyl groups is 1. The minimum Gasteiger partial charge on any atom is -0.506 e. The highest BCUT2D eigenvalue weighted by molar-refractivity contribution is 5.97. The van der Waals surface area contributed by atoms with Crippen LogP contribution >= 0.6 is 0 Å². The highest BCUT2D eigenvalue weighted by Crippen LogP contribution is 2.23. The Hall–Kier alpha value is -3.33. The van der Waals surface area contributed by atoms with E-state index in [0.717, 1.165) is 11.1 Å². The van der Waals surface area contributed by atoms with Gasteiger partial charge in [0.15, 0.2) is 0 Å². The normalized spacial score (nSPS) is 10.7. The molecule has 116 valence electrons. The van der Waals surface area contributed by atoms with E-state index in [1.165, 1.54) is 6.20 Å². The van der Waals surface area contributed by atoms with Gasteiger partial charge in [-0.15, -0.1) is 0 Å². The second-order valence-electron chi connectivity index (χ2n) is 4.88. The van der Waals surface area contributed by atoms with Gasteiger partial charge in [0.2, 0.25) is 0 Å². The Balaban J connectivity index is 2.02. The number of carbonyl (C=O) groups excluding carboxylic acids is 1. The zero-order chi connectivity index (χ0) is 16.7. The molecule has 3 N–H and O–H groups in total. The zero-order valence-electron chi connectivity index (χ0n) is 12.6. The number of amides is 1. The van der Waals surface area contributed by atoms with Crippen LogP contribution < -0.4 is 10.6 Å². The second kappa shape index (κ2) is 7.61. The van der Waals surface area contributed by atoms with Crippen molar-refractivity contribution in [3.8, 4) is 11.8 Å². The van der Waals surface area contributed by atoms with Crippen molar-refractivity contribution < 1.29 is 9.90 Å². The van der Waals surface area contributed by atoms with Gasteiger partial charge in [0.05, 0.1) is 5.69 Å². The first-order valence-electron chi connectivity index (χ1n) is 6.93. The Morgan fingerprint density at radius 1 is 1.43 bits per heavy atom. The Morgan fingerprint density at radius 3 is 2.96 bits per heavy atom. The number of nitrogens with zero attached hydrogens (tertiary/aromatic N) is 2. The van der Waals surface area contributed by atoms with Crippen molar-refractivity contribution in [2.75, 3.05) is 5.32 Å². The molecule has 6 nitrogen and oxygen atoms in total. The molecular formula is C17H16N4O2. The highest BCUT2D eigenvalue weighted by Gasteiger charge is 2.09. The molecule has 0 unspecified atom stereocenters. The van der Waals surface area contributed by atoms with Gasteiger partial charge in [0.1, 0.15) is 17.4 Å². The number of pyridine rings is 1. The maximum Gasteiger partial charge on any atom is 0.263 e. The van der Waals surface area contributed by atoms with Crippen molar-refractivity contribution in [1.82, 2.24) is 10.3 Å². The summed E-state index contributed by atoms with van der Waals surface area (Å²) in [5.41, 5.74) is 2.12. The summed E-state index contributed by atoms with van der Waals surface area (Å²) in [6.45, 7) is 2.15. The molecule has 0 aliphatic rings. The van der Waals surface area contributed by atoms with Gasteiger partial charge in [-0.2, -0.15) is 5.26 Å². The first-order valence-corrected chi connectivity index (χ1v) is 6.93. The highest BCUT2D eigenvalue weighted by atomic mass is 16.3. The van der Waals surface area contributed by atoms with E-state index in [2.05, 4.69) is 15.6 Å². The van der Waals surface area contributed by atoms with E-state index in [4.69, 9.17) is 5.26 Å². The molecule has 0 aliphatic carbocycles. The molecule has 2 rings (SSSR count). The smallest absolute Gasteiger partial charge is 0.263 e. The van der Waals surface area contributed by atoms with E-state index in [-0.39, 0.29) is 17.9 Å². The number of nitrogens with one attached hydrogen (secondary N) is 2. The van der Waals surface area contributed by atoms with Crippen LogP contribution in [0.3, 0.4) is 0 Å². The number of hydrogen-bond donors (Lipinski definition) is 3. The van der Waals surface area contributed by atoms with Crippen molar-refractivity contribution >= 4 is 11.6 Å². The number of benzene rings is 1. The molecule has 23 heavy (non-hydrogen) atoms. The summed E-state index contributed by atoms with van der Waals surface area (Å²) in [6.07, 6.45) is 4.55. The standard InChI is InChI=1S/C17H16N4O2/c1-12-4-5-16(22)15(7-12)20-11-14(8-18)17(23)21-10-13-3-2-6-19-9-13/h2-7,9,11,20,22H,10H2,1H3,(H,21,23)/b14-11-. The molecule has 1 amide bonds. The molecule has 0 atom stereocenters. The first kappa shape index (κ1) is 16.0. The predicted molar refractivity (Wildman–Crippen MR) is 86.2 cm³/mol. The predicted octanol–water partition coefficient (Wildman–Crippen LogP) is 2.23. The summed E-state index contributed by atoms with van der Waals surface area (Å²) >= 11 is 0. The Morgan fingerprint density at radius 2 is 2.26 bits per heavy atom. The zero-order valence-corrected chi connectivity index (χ0v) is 12.6. The monoisotopic (exact) mass is 308 g/mol. The number of anilines is 1. The Labute approximate surface area is 134 Å². The largest absolute Gasteiger partial charge is 0.506 e. The SMILES string of the molecule is Cc1ccc(O)c(N/C=C(/C#N)C(=O)NCc2cccnc2)c1. The molecule has 0 aliphatic heterocycles. The molecule has 6 heteroatoms. The van der Waals surface area contributed by atoms with Gasteiger partial charge >= 0.3 is 0 Å². The number of aryl methyl sites for hydroxylation is 1. The average Bonchev–Trinajstić information content (AvgIpc) is 2.57. The van der Waals surface area contributed by atoms with Crippen LogP contribution in [-0.4, -0.2) is 16.0 Å². The van der Waals surface area contributed by atoms with Crippen molar-refractivity contribution in [2.24, 2.45) is 0 Å². The van der Waals surface area contributed by atoms with E-state index in [1.54, 1.807) is 36.7 Å². The quantitative estimate of drug-likeness (QED) is 0.447. The molecule has 1 heterocycles. The summed E-state index contributed by atoms with van der Waals surface area (Å²) in [7, 11) is 0. The Kier molecular flexibility index (Phi) is 5.31. The molecule has 0 bridgehead atoms. The molecule has 2 aromatic rings. The molecule has 0 saturated carbocycles. The number of phenolic OH excluding ortho intramolecular Hbond substituents is 1. The molecule has 0 fully saturated rings. The number of aromatic nitrogens is 1. The lowest BCUT2D eigenvalue weighted by Crippen LogP contribution is -2.24. The summed E-state index contributed by atoms with van der Waals surface area (Å²) in [5, 5.41) is 24.2. The Bertz CT molecular complexity index is 764. The van der Waals surface area contributed by atoms with Crippen molar-refractivity contribution in [1.29, 1.82) is 5.26 Å². The minimum absolute atomic E-state index is 0.0416. The fourth-order valence-corrected chi connectivity index (χ4v) is 1.84. The number of carbonyl (C=O) groups is 1. The maximum atomic E-state index is 12.0. The third-order valence-corrected chi connectivity index (χ3v) is 3.07. The third-order valence-electron chi connectivity index (χ3n) is 3.07. The summed E-state index contributed by atoms with van der Waals surface area (Å²) in [6, 6.07) is 10.4. The van der Waals surface area contributed by atoms with Crippen LogP contribution in [0, 0.1) is 18.3 Å². The van der Waals surface area contributed by atoms with Gasteiger partial charge < -0.3 is 15.7 Å². The van der Waals surface area contributed by atoms with Crippen LogP contribution in [0.5, 0.6) is 5.75 Å². The van der Waals surface area contributed by atoms with Gasteiger partial charge in [-0.3, -0.25) is 9.78 Å². The van der Waals surface area contributed by atoms with E-state index in [0.29, 0.717) is 5.69 Å². The molecule has 0 spiro atoms. The summed E-state index contributed by atoms with van der Waals surface area (Å²) in [4.78, 5) is 15.9. The number of rotatable bonds is 5. The minimum atomic E-state index is -0.504. The van der Waals surface area contributed by atoms with Crippen LogP contribution in [0.15, 0.2) is 54.5 Å². The van der Waals surface area contributed by atoms with Crippen molar-refractivity contribution in [3.05, 3.63) is 65.6 Å². The van der Waals surface area contributed by atoms with Crippen LogP contribution in [0.25, 0.3) is 0 Å².